The van der Waals surface area contributed by atoms with Gasteiger partial charge in [0.25, 0.3) is 0 Å². The number of piperidine rings is 1. The molecule has 0 bridgehead atoms. The lowest BCUT2D eigenvalue weighted by molar-refractivity contribution is -0.128. The fourth-order valence-electron chi connectivity index (χ4n) is 2.89. The van der Waals surface area contributed by atoms with E-state index >= 15 is 0 Å². The molecule has 0 unspecified atom stereocenters. The highest BCUT2D eigenvalue weighted by molar-refractivity contribution is 5.87. The van der Waals surface area contributed by atoms with Crippen LogP contribution >= 0.6 is 0 Å². The summed E-state index contributed by atoms with van der Waals surface area (Å²) in [5, 5.41) is 2.70. The first-order valence-corrected chi connectivity index (χ1v) is 8.10. The van der Waals surface area contributed by atoms with Crippen LogP contribution < -0.4 is 16.8 Å². The van der Waals surface area contributed by atoms with Crippen molar-refractivity contribution in [1.82, 2.24) is 10.2 Å². The van der Waals surface area contributed by atoms with Gasteiger partial charge in [-0.3, -0.25) is 19.3 Å². The van der Waals surface area contributed by atoms with E-state index in [1.165, 1.54) is 0 Å². The third-order valence-corrected chi connectivity index (χ3v) is 4.32. The maximum atomic E-state index is 12.2. The van der Waals surface area contributed by atoms with Gasteiger partial charge in [0.05, 0.1) is 6.54 Å². The highest BCUT2D eigenvalue weighted by Gasteiger charge is 2.25. The molecule has 1 atom stereocenters. The predicted molar refractivity (Wildman–Crippen MR) is 89.6 cm³/mol. The summed E-state index contributed by atoms with van der Waals surface area (Å²) in [6.45, 7) is 1.46. The van der Waals surface area contributed by atoms with Gasteiger partial charge in [-0.25, -0.2) is 0 Å². The second-order valence-electron chi connectivity index (χ2n) is 6.16. The van der Waals surface area contributed by atoms with E-state index in [0.29, 0.717) is 32.4 Å². The van der Waals surface area contributed by atoms with Crippen LogP contribution in [0.1, 0.15) is 18.4 Å². The smallest absolute Gasteiger partial charge is 0.240 e. The van der Waals surface area contributed by atoms with E-state index in [4.69, 9.17) is 11.5 Å². The first-order valence-electron chi connectivity index (χ1n) is 8.10. The predicted octanol–water partition coefficient (Wildman–Crippen LogP) is -0.603. The van der Waals surface area contributed by atoms with Crippen molar-refractivity contribution in [3.63, 3.8) is 0 Å². The fraction of sp³-hybridized carbons (Fsp3) is 0.471. The summed E-state index contributed by atoms with van der Waals surface area (Å²) in [6.07, 6.45) is 1.68. The highest BCUT2D eigenvalue weighted by Crippen LogP contribution is 2.16. The number of nitrogens with two attached hydrogens (primary N) is 2. The summed E-state index contributed by atoms with van der Waals surface area (Å²) < 4.78 is 0. The van der Waals surface area contributed by atoms with Crippen LogP contribution in [0.15, 0.2) is 30.3 Å². The monoisotopic (exact) mass is 332 g/mol. The molecule has 1 aliphatic rings. The normalized spacial score (nSPS) is 17.2. The number of rotatable bonds is 7. The molecule has 7 nitrogen and oxygen atoms in total. The molecule has 0 radical (unpaired) electrons. The number of likely N-dealkylation sites (tertiary alicyclic amines) is 1. The van der Waals surface area contributed by atoms with Crippen molar-refractivity contribution in [1.29, 1.82) is 0 Å². The lowest BCUT2D eigenvalue weighted by Gasteiger charge is -2.30. The number of carbonyl (C=O) groups is 3. The van der Waals surface area contributed by atoms with Gasteiger partial charge in [-0.05, 0) is 31.5 Å². The zero-order chi connectivity index (χ0) is 17.5. The number of carbonyl (C=O) groups excluding carboxylic acids is 3. The minimum absolute atomic E-state index is 0.110. The molecular weight excluding hydrogens is 308 g/mol. The van der Waals surface area contributed by atoms with Gasteiger partial charge < -0.3 is 16.8 Å². The molecule has 24 heavy (non-hydrogen) atoms. The Labute approximate surface area is 141 Å². The van der Waals surface area contributed by atoms with Gasteiger partial charge >= 0.3 is 0 Å². The number of hydrogen-bond donors (Lipinski definition) is 3. The van der Waals surface area contributed by atoms with E-state index in [1.807, 2.05) is 35.2 Å². The molecule has 1 saturated heterocycles. The summed E-state index contributed by atoms with van der Waals surface area (Å²) in [4.78, 5) is 36.9. The first-order chi connectivity index (χ1) is 11.5. The second-order valence-corrected chi connectivity index (χ2v) is 6.16. The van der Waals surface area contributed by atoms with E-state index in [1.54, 1.807) is 0 Å². The third-order valence-electron chi connectivity index (χ3n) is 4.32. The average molecular weight is 332 g/mol. The Kier molecular flexibility index (Phi) is 6.31. The molecule has 0 aliphatic carbocycles. The Morgan fingerprint density at radius 3 is 2.29 bits per heavy atom. The number of nitrogens with zero attached hydrogens (tertiary/aromatic N) is 1. The van der Waals surface area contributed by atoms with Crippen LogP contribution in [-0.4, -0.2) is 48.3 Å². The summed E-state index contributed by atoms with van der Waals surface area (Å²) in [5.41, 5.74) is 11.6. The maximum Gasteiger partial charge on any atom is 0.240 e. The Hall–Kier alpha value is -2.41. The van der Waals surface area contributed by atoms with Crippen molar-refractivity contribution in [3.8, 4) is 0 Å². The Balaban J connectivity index is 1.83. The zero-order valence-electron chi connectivity index (χ0n) is 13.6. The quantitative estimate of drug-likeness (QED) is 0.617. The molecule has 1 aliphatic heterocycles. The molecular formula is C17H24N4O3. The van der Waals surface area contributed by atoms with Crippen molar-refractivity contribution >= 4 is 17.7 Å². The molecule has 1 aromatic carbocycles. The van der Waals surface area contributed by atoms with E-state index < -0.39 is 11.9 Å². The zero-order valence-corrected chi connectivity index (χ0v) is 13.6. The standard InChI is InChI=1S/C17H24N4O3/c18-16(23)13-6-8-21(9-7-13)11-15(22)20-14(17(19)24)10-12-4-2-1-3-5-12/h1-5,13-14H,6-11H2,(H2,18,23)(H2,19,24)(H,20,22)/t14-/m0/s1. The van der Waals surface area contributed by atoms with Crippen LogP contribution in [0, 0.1) is 5.92 Å². The largest absolute Gasteiger partial charge is 0.369 e. The fourth-order valence-corrected chi connectivity index (χ4v) is 2.89. The second kappa shape index (κ2) is 8.44. The Bertz CT molecular complexity index is 583. The summed E-state index contributed by atoms with van der Waals surface area (Å²) >= 11 is 0. The van der Waals surface area contributed by atoms with Gasteiger partial charge in [0.15, 0.2) is 0 Å². The van der Waals surface area contributed by atoms with Crippen LogP contribution in [0.4, 0.5) is 0 Å². The Morgan fingerprint density at radius 2 is 1.75 bits per heavy atom. The summed E-state index contributed by atoms with van der Waals surface area (Å²) in [6, 6.07) is 8.67. The number of amides is 3. The van der Waals surface area contributed by atoms with E-state index in [2.05, 4.69) is 5.32 Å². The SMILES string of the molecule is NC(=O)C1CCN(CC(=O)N[C@@H](Cc2ccccc2)C(N)=O)CC1. The molecule has 1 fully saturated rings. The van der Waals surface area contributed by atoms with Crippen LogP contribution in [0.2, 0.25) is 0 Å². The molecule has 2 rings (SSSR count). The molecule has 1 aromatic rings. The first kappa shape index (κ1) is 17.9. The average Bonchev–Trinajstić information content (AvgIpc) is 2.55. The number of primary amides is 2. The van der Waals surface area contributed by atoms with Gasteiger partial charge in [-0.1, -0.05) is 30.3 Å². The van der Waals surface area contributed by atoms with Crippen LogP contribution in [0.25, 0.3) is 0 Å². The van der Waals surface area contributed by atoms with Gasteiger partial charge in [-0.15, -0.1) is 0 Å². The van der Waals surface area contributed by atoms with Gasteiger partial charge in [0, 0.05) is 12.3 Å². The number of hydrogen-bond acceptors (Lipinski definition) is 4. The van der Waals surface area contributed by atoms with Crippen molar-refractivity contribution in [2.24, 2.45) is 17.4 Å². The molecule has 3 amide bonds. The number of benzene rings is 1. The Morgan fingerprint density at radius 1 is 1.12 bits per heavy atom. The molecule has 1 heterocycles. The highest BCUT2D eigenvalue weighted by atomic mass is 16.2. The summed E-state index contributed by atoms with van der Waals surface area (Å²) in [7, 11) is 0. The number of nitrogens with one attached hydrogen (secondary N) is 1. The van der Waals surface area contributed by atoms with Gasteiger partial charge in [0.1, 0.15) is 6.04 Å². The van der Waals surface area contributed by atoms with Crippen molar-refractivity contribution in [2.75, 3.05) is 19.6 Å². The van der Waals surface area contributed by atoms with E-state index in [0.717, 1.165) is 5.56 Å². The van der Waals surface area contributed by atoms with E-state index in [9.17, 15) is 14.4 Å². The van der Waals surface area contributed by atoms with Crippen molar-refractivity contribution in [2.45, 2.75) is 25.3 Å². The molecule has 0 spiro atoms. The van der Waals surface area contributed by atoms with Crippen molar-refractivity contribution in [3.05, 3.63) is 35.9 Å². The van der Waals surface area contributed by atoms with E-state index in [-0.39, 0.29) is 24.3 Å². The van der Waals surface area contributed by atoms with Crippen LogP contribution in [0.5, 0.6) is 0 Å². The van der Waals surface area contributed by atoms with Gasteiger partial charge in [-0.2, -0.15) is 0 Å². The minimum atomic E-state index is -0.733. The van der Waals surface area contributed by atoms with Crippen LogP contribution in [-0.2, 0) is 20.8 Å². The molecule has 7 heteroatoms. The third kappa shape index (κ3) is 5.34. The minimum Gasteiger partial charge on any atom is -0.369 e. The topological polar surface area (TPSA) is 119 Å². The maximum absolute atomic E-state index is 12.2. The van der Waals surface area contributed by atoms with Crippen molar-refractivity contribution < 1.29 is 14.4 Å². The molecule has 5 N–H and O–H groups in total. The van der Waals surface area contributed by atoms with Crippen LogP contribution in [0.3, 0.4) is 0 Å². The molecule has 130 valence electrons. The lowest BCUT2D eigenvalue weighted by Crippen LogP contribution is -2.50. The van der Waals surface area contributed by atoms with Gasteiger partial charge in [0.2, 0.25) is 17.7 Å². The summed E-state index contributed by atoms with van der Waals surface area (Å²) in [5.74, 6) is -1.19. The lowest BCUT2D eigenvalue weighted by atomic mass is 9.96. The molecule has 0 saturated carbocycles. The molecule has 0 aromatic heterocycles.